The van der Waals surface area contributed by atoms with Crippen molar-refractivity contribution in [3.8, 4) is 0 Å². The summed E-state index contributed by atoms with van der Waals surface area (Å²) in [6, 6.07) is 16.7. The van der Waals surface area contributed by atoms with E-state index in [0.29, 0.717) is 6.42 Å². The van der Waals surface area contributed by atoms with Crippen LogP contribution < -0.4 is 0 Å². The third-order valence-electron chi connectivity index (χ3n) is 5.70. The number of Topliss-reactive ketones (excluding diaryl/α,β-unsaturated/α-hetero) is 1. The number of carbonyl (C=O) groups excluding carboxylic acids is 2. The van der Waals surface area contributed by atoms with Crippen molar-refractivity contribution < 1.29 is 9.59 Å². The maximum absolute atomic E-state index is 13.2. The van der Waals surface area contributed by atoms with Crippen LogP contribution in [0.1, 0.15) is 83.1 Å². The highest BCUT2D eigenvalue weighted by molar-refractivity contribution is 5.89. The van der Waals surface area contributed by atoms with Crippen molar-refractivity contribution in [2.24, 2.45) is 5.92 Å². The summed E-state index contributed by atoms with van der Waals surface area (Å²) in [4.78, 5) is 24.5. The van der Waals surface area contributed by atoms with Gasteiger partial charge in [0.25, 0.3) is 0 Å². The Hall–Kier alpha value is -2.22. The predicted octanol–water partition coefficient (Wildman–Crippen LogP) is 6.40. The van der Waals surface area contributed by atoms with E-state index < -0.39 is 0 Å². The molecule has 2 unspecified atom stereocenters. The van der Waals surface area contributed by atoms with E-state index in [1.54, 1.807) is 0 Å². The van der Waals surface area contributed by atoms with E-state index in [9.17, 15) is 9.59 Å². The maximum atomic E-state index is 13.2. The van der Waals surface area contributed by atoms with Crippen LogP contribution in [0.2, 0.25) is 0 Å². The molecule has 0 fully saturated rings. The van der Waals surface area contributed by atoms with Crippen molar-refractivity contribution in [3.63, 3.8) is 0 Å². The number of hydrogen-bond acceptors (Lipinski definition) is 2. The van der Waals surface area contributed by atoms with Gasteiger partial charge in [0.15, 0.2) is 0 Å². The first kappa shape index (κ1) is 23.1. The van der Waals surface area contributed by atoms with Gasteiger partial charge in [0, 0.05) is 18.3 Å². The van der Waals surface area contributed by atoms with Gasteiger partial charge in [-0.3, -0.25) is 4.79 Å². The second kappa shape index (κ2) is 9.07. The van der Waals surface area contributed by atoms with Crippen LogP contribution in [0.3, 0.4) is 0 Å². The normalized spacial score (nSPS) is 14.3. The lowest BCUT2D eigenvalue weighted by molar-refractivity contribution is -0.125. The van der Waals surface area contributed by atoms with Crippen molar-refractivity contribution >= 4 is 12.1 Å². The van der Waals surface area contributed by atoms with Gasteiger partial charge in [0.1, 0.15) is 12.1 Å². The quantitative estimate of drug-likeness (QED) is 0.511. The lowest BCUT2D eigenvalue weighted by atomic mass is 9.81. The summed E-state index contributed by atoms with van der Waals surface area (Å²) in [7, 11) is 0. The molecule has 2 atom stereocenters. The van der Waals surface area contributed by atoms with E-state index in [1.165, 1.54) is 11.1 Å². The smallest absolute Gasteiger partial charge is 0.143 e. The van der Waals surface area contributed by atoms with Crippen molar-refractivity contribution in [2.45, 2.75) is 78.1 Å². The molecule has 0 aliphatic heterocycles. The molecule has 0 N–H and O–H groups in total. The van der Waals surface area contributed by atoms with Crippen molar-refractivity contribution in [1.82, 2.24) is 0 Å². The standard InChI is InChI=1S/C27H36O2/c1-19(18-20-8-12-22(13-9-20)26(2,3)4)25(29)24(16-17-28)21-10-14-23(15-11-21)27(5,6)7/h8-15,17,19,24H,16,18H2,1-7H3. The van der Waals surface area contributed by atoms with Gasteiger partial charge in [0.2, 0.25) is 0 Å². The topological polar surface area (TPSA) is 34.1 Å². The average molecular weight is 393 g/mol. The van der Waals surface area contributed by atoms with Crippen LogP contribution in [-0.2, 0) is 26.8 Å². The summed E-state index contributed by atoms with van der Waals surface area (Å²) < 4.78 is 0. The number of hydrogen-bond donors (Lipinski definition) is 0. The van der Waals surface area contributed by atoms with Gasteiger partial charge >= 0.3 is 0 Å². The molecule has 2 nitrogen and oxygen atoms in total. The lowest BCUT2D eigenvalue weighted by Crippen LogP contribution is -2.22. The first-order valence-corrected chi connectivity index (χ1v) is 10.6. The Bertz CT molecular complexity index is 815. The first-order chi connectivity index (χ1) is 13.4. The van der Waals surface area contributed by atoms with Crippen LogP contribution in [0.4, 0.5) is 0 Å². The van der Waals surface area contributed by atoms with Gasteiger partial charge in [0.05, 0.1) is 0 Å². The third kappa shape index (κ3) is 6.13. The highest BCUT2D eigenvalue weighted by atomic mass is 16.1. The number of rotatable bonds is 7. The minimum atomic E-state index is -0.370. The van der Waals surface area contributed by atoms with Crippen LogP contribution in [0.5, 0.6) is 0 Å². The Labute approximate surface area is 176 Å². The molecule has 2 aromatic rings. The zero-order valence-electron chi connectivity index (χ0n) is 19.1. The van der Waals surface area contributed by atoms with Gasteiger partial charge in [-0.25, -0.2) is 0 Å². The molecule has 2 aromatic carbocycles. The van der Waals surface area contributed by atoms with Crippen LogP contribution in [-0.4, -0.2) is 12.1 Å². The molecule has 0 heterocycles. The van der Waals surface area contributed by atoms with Gasteiger partial charge in [-0.1, -0.05) is 97.0 Å². The number of carbonyl (C=O) groups is 2. The third-order valence-corrected chi connectivity index (χ3v) is 5.70. The minimum absolute atomic E-state index is 0.0647. The van der Waals surface area contributed by atoms with Gasteiger partial charge in [-0.2, -0.15) is 0 Å². The van der Waals surface area contributed by atoms with E-state index in [2.05, 4.69) is 77.9 Å². The summed E-state index contributed by atoms with van der Waals surface area (Å²) >= 11 is 0. The van der Waals surface area contributed by atoms with Crippen molar-refractivity contribution in [2.75, 3.05) is 0 Å². The van der Waals surface area contributed by atoms with E-state index in [0.717, 1.165) is 17.4 Å². The van der Waals surface area contributed by atoms with Crippen molar-refractivity contribution in [1.29, 1.82) is 0 Å². The zero-order chi connectivity index (χ0) is 21.8. The summed E-state index contributed by atoms with van der Waals surface area (Å²) in [5, 5.41) is 0. The molecule has 29 heavy (non-hydrogen) atoms. The molecule has 0 aliphatic carbocycles. The maximum Gasteiger partial charge on any atom is 0.143 e. The highest BCUT2D eigenvalue weighted by Crippen LogP contribution is 2.29. The van der Waals surface area contributed by atoms with Gasteiger partial charge in [-0.15, -0.1) is 0 Å². The molecule has 0 aromatic heterocycles. The molecule has 0 bridgehead atoms. The Morgan fingerprint density at radius 1 is 0.828 bits per heavy atom. The second-order valence-corrected chi connectivity index (χ2v) is 10.3. The Morgan fingerprint density at radius 2 is 1.28 bits per heavy atom. The first-order valence-electron chi connectivity index (χ1n) is 10.6. The number of aldehydes is 1. The Balaban J connectivity index is 2.16. The zero-order valence-corrected chi connectivity index (χ0v) is 19.1. The molecule has 0 saturated carbocycles. The van der Waals surface area contributed by atoms with E-state index in [-0.39, 0.29) is 34.9 Å². The average Bonchev–Trinajstić information content (AvgIpc) is 2.64. The molecule has 0 radical (unpaired) electrons. The molecule has 0 saturated heterocycles. The van der Waals surface area contributed by atoms with Crippen molar-refractivity contribution in [3.05, 3.63) is 70.8 Å². The van der Waals surface area contributed by atoms with E-state index >= 15 is 0 Å². The van der Waals surface area contributed by atoms with Crippen LogP contribution in [0.15, 0.2) is 48.5 Å². The van der Waals surface area contributed by atoms with Crippen LogP contribution in [0.25, 0.3) is 0 Å². The number of benzene rings is 2. The molecule has 156 valence electrons. The molecule has 0 spiro atoms. The summed E-state index contributed by atoms with van der Waals surface area (Å²) in [5.41, 5.74) is 4.80. The Kier molecular flexibility index (Phi) is 7.21. The molecule has 0 amide bonds. The Morgan fingerprint density at radius 3 is 1.69 bits per heavy atom. The fraction of sp³-hybridized carbons (Fsp3) is 0.481. The van der Waals surface area contributed by atoms with E-state index in [4.69, 9.17) is 0 Å². The molecule has 0 aliphatic rings. The monoisotopic (exact) mass is 392 g/mol. The molecule has 2 heteroatoms. The summed E-state index contributed by atoms with van der Waals surface area (Å²) in [5.74, 6) is -0.367. The fourth-order valence-corrected chi connectivity index (χ4v) is 3.67. The fourth-order valence-electron chi connectivity index (χ4n) is 3.67. The minimum Gasteiger partial charge on any atom is -0.303 e. The summed E-state index contributed by atoms with van der Waals surface area (Å²) in [6.45, 7) is 15.1. The van der Waals surface area contributed by atoms with Crippen LogP contribution in [0, 0.1) is 5.92 Å². The van der Waals surface area contributed by atoms with Gasteiger partial charge < -0.3 is 4.79 Å². The molecular weight excluding hydrogens is 356 g/mol. The number of ketones is 1. The van der Waals surface area contributed by atoms with Crippen LogP contribution >= 0.6 is 0 Å². The summed E-state index contributed by atoms with van der Waals surface area (Å²) in [6.07, 6.45) is 1.80. The second-order valence-electron chi connectivity index (χ2n) is 10.3. The largest absolute Gasteiger partial charge is 0.303 e. The van der Waals surface area contributed by atoms with E-state index in [1.807, 2.05) is 19.1 Å². The molecule has 2 rings (SSSR count). The molecular formula is C27H36O2. The van der Waals surface area contributed by atoms with Gasteiger partial charge in [-0.05, 0) is 39.5 Å². The SMILES string of the molecule is CC(Cc1ccc(C(C)(C)C)cc1)C(=O)C(CC=O)c1ccc(C(C)(C)C)cc1. The predicted molar refractivity (Wildman–Crippen MR) is 122 cm³/mol. The lowest BCUT2D eigenvalue weighted by Gasteiger charge is -2.22. The highest BCUT2D eigenvalue weighted by Gasteiger charge is 2.26.